The summed E-state index contributed by atoms with van der Waals surface area (Å²) in [5.41, 5.74) is 1.38. The molecule has 0 radical (unpaired) electrons. The Labute approximate surface area is 173 Å². The highest BCUT2D eigenvalue weighted by atomic mass is 19.1. The van der Waals surface area contributed by atoms with Crippen LogP contribution in [0.15, 0.2) is 48.5 Å². The van der Waals surface area contributed by atoms with Gasteiger partial charge in [-0.3, -0.25) is 0 Å². The van der Waals surface area contributed by atoms with Crippen molar-refractivity contribution in [1.29, 1.82) is 0 Å². The molecule has 2 unspecified atom stereocenters. The van der Waals surface area contributed by atoms with Crippen molar-refractivity contribution < 1.29 is 38.3 Å². The van der Waals surface area contributed by atoms with E-state index in [1.165, 1.54) is 12.1 Å². The molecule has 2 N–H and O–H groups in total. The van der Waals surface area contributed by atoms with E-state index < -0.39 is 43.6 Å². The smallest absolute Gasteiger partial charge is 0.184 e. The quantitative estimate of drug-likeness (QED) is 0.743. The molecule has 0 saturated carbocycles. The Hall–Kier alpha value is -2.07. The Morgan fingerprint density at radius 2 is 1.67 bits per heavy atom. The van der Waals surface area contributed by atoms with Crippen LogP contribution in [0.1, 0.15) is 30.6 Å². The Balaban J connectivity index is 1.52. The molecule has 2 aromatic carbocycles. The maximum atomic E-state index is 13.2. The van der Waals surface area contributed by atoms with Crippen LogP contribution in [0, 0.1) is 5.82 Å². The molecule has 6 atom stereocenters. The Bertz CT molecular complexity index is 813. The van der Waals surface area contributed by atoms with Crippen LogP contribution in [-0.4, -0.2) is 54.4 Å². The molecule has 30 heavy (non-hydrogen) atoms. The molecule has 2 heterocycles. The zero-order valence-electron chi connectivity index (χ0n) is 16.5. The number of benzene rings is 2. The van der Waals surface area contributed by atoms with Gasteiger partial charge in [-0.05, 0) is 31.2 Å². The first-order valence-corrected chi connectivity index (χ1v) is 9.94. The summed E-state index contributed by atoms with van der Waals surface area (Å²) in [5.74, 6) is 0.372. The molecule has 2 saturated heterocycles. The summed E-state index contributed by atoms with van der Waals surface area (Å²) in [5, 5.41) is 19.9. The van der Waals surface area contributed by atoms with Gasteiger partial charge in [-0.1, -0.05) is 24.3 Å². The van der Waals surface area contributed by atoms with Crippen LogP contribution in [0.4, 0.5) is 4.39 Å². The summed E-state index contributed by atoms with van der Waals surface area (Å²) in [7, 11) is 0. The maximum absolute atomic E-state index is 13.2. The molecule has 0 bridgehead atoms. The number of aliphatic hydroxyl groups excluding tert-OH is 2. The second-order valence-electron chi connectivity index (χ2n) is 7.18. The maximum Gasteiger partial charge on any atom is 0.184 e. The van der Waals surface area contributed by atoms with E-state index in [2.05, 4.69) is 0 Å². The number of aliphatic hydroxyl groups is 2. The van der Waals surface area contributed by atoms with Crippen molar-refractivity contribution in [2.75, 3.05) is 19.8 Å². The molecule has 0 spiro atoms. The number of hydrogen-bond donors (Lipinski definition) is 2. The summed E-state index contributed by atoms with van der Waals surface area (Å²) in [6.07, 6.45) is -4.71. The molecule has 0 aromatic heterocycles. The first-order chi connectivity index (χ1) is 14.6. The third kappa shape index (κ3) is 4.49. The Morgan fingerprint density at radius 3 is 2.33 bits per heavy atom. The van der Waals surface area contributed by atoms with E-state index in [9.17, 15) is 14.6 Å². The summed E-state index contributed by atoms with van der Waals surface area (Å²) in [6.45, 7) is 2.17. The molecule has 0 aliphatic carbocycles. The number of ether oxygens (including phenoxy) is 5. The summed E-state index contributed by atoms with van der Waals surface area (Å²) in [6, 6.07) is 13.1. The summed E-state index contributed by atoms with van der Waals surface area (Å²) < 4.78 is 42.5. The first kappa shape index (κ1) is 21.2. The van der Waals surface area contributed by atoms with Gasteiger partial charge in [0.2, 0.25) is 0 Å². The predicted molar refractivity (Wildman–Crippen MR) is 103 cm³/mol. The number of hydrogen-bond acceptors (Lipinski definition) is 7. The zero-order valence-corrected chi connectivity index (χ0v) is 16.5. The van der Waals surface area contributed by atoms with Crippen molar-refractivity contribution in [3.05, 3.63) is 65.5 Å². The molecular weight excluding hydrogens is 395 g/mol. The lowest BCUT2D eigenvalue weighted by atomic mass is 9.99. The van der Waals surface area contributed by atoms with E-state index in [4.69, 9.17) is 23.7 Å². The van der Waals surface area contributed by atoms with E-state index in [0.29, 0.717) is 12.2 Å². The van der Waals surface area contributed by atoms with Gasteiger partial charge in [0.05, 0.1) is 19.8 Å². The molecule has 4 rings (SSSR count). The highest BCUT2D eigenvalue weighted by Gasteiger charge is 2.48. The minimum atomic E-state index is -1.17. The fourth-order valence-corrected chi connectivity index (χ4v) is 3.62. The Morgan fingerprint density at radius 1 is 1.00 bits per heavy atom. The number of fused-ring (bicyclic) bond motifs is 1. The average Bonchev–Trinajstić information content (AvgIpc) is 2.78. The largest absolute Gasteiger partial charge is 0.494 e. The van der Waals surface area contributed by atoms with Gasteiger partial charge < -0.3 is 33.9 Å². The van der Waals surface area contributed by atoms with Crippen LogP contribution < -0.4 is 4.74 Å². The van der Waals surface area contributed by atoms with Crippen molar-refractivity contribution >= 4 is 0 Å². The summed E-state index contributed by atoms with van der Waals surface area (Å²) in [4.78, 5) is 0. The molecule has 2 aliphatic heterocycles. The zero-order chi connectivity index (χ0) is 21.1. The molecule has 2 fully saturated rings. The van der Waals surface area contributed by atoms with Crippen molar-refractivity contribution in [3.8, 4) is 5.75 Å². The van der Waals surface area contributed by atoms with Crippen LogP contribution in [0.25, 0.3) is 0 Å². The second kappa shape index (κ2) is 9.38. The van der Waals surface area contributed by atoms with Crippen molar-refractivity contribution in [2.24, 2.45) is 0 Å². The van der Waals surface area contributed by atoms with Crippen molar-refractivity contribution in [1.82, 2.24) is 0 Å². The van der Waals surface area contributed by atoms with Crippen LogP contribution in [0.2, 0.25) is 0 Å². The summed E-state index contributed by atoms with van der Waals surface area (Å²) >= 11 is 0. The molecular formula is C22H25FO7. The van der Waals surface area contributed by atoms with Gasteiger partial charge in [0.1, 0.15) is 36.0 Å². The van der Waals surface area contributed by atoms with Gasteiger partial charge in [0, 0.05) is 11.1 Å². The molecule has 2 aromatic rings. The van der Waals surface area contributed by atoms with Gasteiger partial charge in [-0.25, -0.2) is 4.39 Å². The monoisotopic (exact) mass is 420 g/mol. The normalized spacial score (nSPS) is 29.8. The van der Waals surface area contributed by atoms with Gasteiger partial charge in [0.25, 0.3) is 0 Å². The lowest BCUT2D eigenvalue weighted by Gasteiger charge is -2.47. The van der Waals surface area contributed by atoms with Crippen LogP contribution >= 0.6 is 0 Å². The minimum Gasteiger partial charge on any atom is -0.494 e. The average molecular weight is 420 g/mol. The third-order valence-electron chi connectivity index (χ3n) is 5.13. The highest BCUT2D eigenvalue weighted by molar-refractivity contribution is 5.28. The van der Waals surface area contributed by atoms with Gasteiger partial charge in [0.15, 0.2) is 12.6 Å². The highest BCUT2D eigenvalue weighted by Crippen LogP contribution is 2.39. The molecule has 7 nitrogen and oxygen atoms in total. The van der Waals surface area contributed by atoms with E-state index in [1.807, 2.05) is 31.2 Å². The Kier molecular flexibility index (Phi) is 6.62. The van der Waals surface area contributed by atoms with E-state index in [-0.39, 0.29) is 12.4 Å². The minimum absolute atomic E-state index is 0.193. The topological polar surface area (TPSA) is 86.6 Å². The molecule has 0 amide bonds. The lowest BCUT2D eigenvalue weighted by Crippen LogP contribution is -2.58. The number of rotatable bonds is 6. The van der Waals surface area contributed by atoms with E-state index in [0.717, 1.165) is 11.3 Å². The van der Waals surface area contributed by atoms with E-state index in [1.54, 1.807) is 12.1 Å². The van der Waals surface area contributed by atoms with Crippen molar-refractivity contribution in [3.63, 3.8) is 0 Å². The second-order valence-corrected chi connectivity index (χ2v) is 7.18. The van der Waals surface area contributed by atoms with Crippen LogP contribution in [-0.2, 0) is 18.9 Å². The van der Waals surface area contributed by atoms with Crippen molar-refractivity contribution in [2.45, 2.75) is 43.9 Å². The predicted octanol–water partition coefficient (Wildman–Crippen LogP) is 2.47. The SMILES string of the molecule is CCOc1ccc(C2O[C@H]([C@H](O)CO)[C@@H]3OC(c4ccc(F)cc4)OC[C@@H]3O2)cc1. The van der Waals surface area contributed by atoms with Gasteiger partial charge >= 0.3 is 0 Å². The first-order valence-electron chi connectivity index (χ1n) is 9.94. The lowest BCUT2D eigenvalue weighted by molar-refractivity contribution is -0.373. The fraction of sp³-hybridized carbons (Fsp3) is 0.455. The van der Waals surface area contributed by atoms with Crippen LogP contribution in [0.5, 0.6) is 5.75 Å². The molecule has 8 heteroatoms. The fourth-order valence-electron chi connectivity index (χ4n) is 3.62. The molecule has 2 aliphatic rings. The van der Waals surface area contributed by atoms with Gasteiger partial charge in [-0.2, -0.15) is 0 Å². The standard InChI is InChI=1S/C22H25FO7/c1-2-26-16-9-5-14(6-10-16)22-28-18-12-27-21(13-3-7-15(23)8-4-13)30-20(18)19(29-22)17(25)11-24/h3-10,17-22,24-25H,2,11-12H2,1H3/t17-,18+,19-,20-,21?,22?/m1/s1. The van der Waals surface area contributed by atoms with Gasteiger partial charge in [-0.15, -0.1) is 0 Å². The van der Waals surface area contributed by atoms with E-state index >= 15 is 0 Å². The van der Waals surface area contributed by atoms with Crippen LogP contribution in [0.3, 0.4) is 0 Å². The molecule has 162 valence electrons. The third-order valence-corrected chi connectivity index (χ3v) is 5.13. The number of halogens is 1.